The largest absolute Gasteiger partial charge is 0.339 e. The van der Waals surface area contributed by atoms with E-state index in [2.05, 4.69) is 0 Å². The van der Waals surface area contributed by atoms with Crippen LogP contribution in [0.2, 0.25) is 0 Å². The van der Waals surface area contributed by atoms with Crippen molar-refractivity contribution in [1.29, 1.82) is 0 Å². The van der Waals surface area contributed by atoms with Gasteiger partial charge in [0, 0.05) is 51.6 Å². The van der Waals surface area contributed by atoms with Gasteiger partial charge in [-0.2, -0.15) is 0 Å². The minimum Gasteiger partial charge on any atom is -0.339 e. The molecule has 0 spiro atoms. The molecule has 1 saturated carbocycles. The van der Waals surface area contributed by atoms with Crippen LogP contribution in [0.15, 0.2) is 30.3 Å². The summed E-state index contributed by atoms with van der Waals surface area (Å²) in [5.74, 6) is 0.329. The molecular weight excluding hydrogens is 366 g/mol. The fraction of sp³-hybridized carbons (Fsp3) is 0.609. The van der Waals surface area contributed by atoms with Crippen LogP contribution in [0.4, 0.5) is 0 Å². The number of nitrogens with zero attached hydrogens (tertiary/aromatic N) is 3. The third-order valence-corrected chi connectivity index (χ3v) is 6.64. The molecule has 6 nitrogen and oxygen atoms in total. The first-order chi connectivity index (χ1) is 14.1. The number of hydrogen-bond acceptors (Lipinski definition) is 3. The lowest BCUT2D eigenvalue weighted by atomic mass is 9.88. The average Bonchev–Trinajstić information content (AvgIpc) is 3.14. The fourth-order valence-corrected chi connectivity index (χ4v) is 4.91. The van der Waals surface area contributed by atoms with Gasteiger partial charge in [0.05, 0.1) is 5.92 Å². The first kappa shape index (κ1) is 19.9. The molecule has 0 N–H and O–H groups in total. The topological polar surface area (TPSA) is 60.9 Å². The normalized spacial score (nSPS) is 23.5. The van der Waals surface area contributed by atoms with E-state index in [1.807, 2.05) is 40.1 Å². The van der Waals surface area contributed by atoms with Gasteiger partial charge in [0.15, 0.2) is 0 Å². The number of rotatable bonds is 4. The van der Waals surface area contributed by atoms with Crippen LogP contribution in [0, 0.1) is 11.8 Å². The first-order valence-corrected chi connectivity index (χ1v) is 11.0. The van der Waals surface area contributed by atoms with Gasteiger partial charge in [0.25, 0.3) is 0 Å². The summed E-state index contributed by atoms with van der Waals surface area (Å²) >= 11 is 0. The Morgan fingerprint density at radius 2 is 1.41 bits per heavy atom. The second kappa shape index (κ2) is 8.97. The SMILES string of the molecule is O=C1C[C@@H](C(=O)N2CCN(C(=O)C3CCCCC3)CC2)CN1Cc1ccccc1. The number of likely N-dealkylation sites (tertiary alicyclic amines) is 1. The molecule has 3 amide bonds. The minimum absolute atomic E-state index is 0.0540. The highest BCUT2D eigenvalue weighted by molar-refractivity contribution is 5.89. The fourth-order valence-electron chi connectivity index (χ4n) is 4.91. The summed E-state index contributed by atoms with van der Waals surface area (Å²) in [5, 5.41) is 0. The van der Waals surface area contributed by atoms with Gasteiger partial charge in [0.2, 0.25) is 17.7 Å². The van der Waals surface area contributed by atoms with Gasteiger partial charge >= 0.3 is 0 Å². The molecule has 29 heavy (non-hydrogen) atoms. The Morgan fingerprint density at radius 1 is 0.828 bits per heavy atom. The van der Waals surface area contributed by atoms with E-state index in [1.54, 1.807) is 4.90 Å². The molecule has 0 aromatic heterocycles. The Bertz CT molecular complexity index is 737. The van der Waals surface area contributed by atoms with Crippen molar-refractivity contribution in [2.24, 2.45) is 11.8 Å². The van der Waals surface area contributed by atoms with Crippen LogP contribution in [0.1, 0.15) is 44.1 Å². The van der Waals surface area contributed by atoms with Crippen molar-refractivity contribution in [3.8, 4) is 0 Å². The van der Waals surface area contributed by atoms with Crippen molar-refractivity contribution >= 4 is 17.7 Å². The molecule has 2 heterocycles. The quantitative estimate of drug-likeness (QED) is 0.783. The summed E-state index contributed by atoms with van der Waals surface area (Å²) in [5.41, 5.74) is 1.09. The van der Waals surface area contributed by atoms with Crippen LogP contribution in [0.5, 0.6) is 0 Å². The van der Waals surface area contributed by atoms with E-state index in [-0.39, 0.29) is 29.6 Å². The zero-order valence-corrected chi connectivity index (χ0v) is 17.1. The van der Waals surface area contributed by atoms with Crippen LogP contribution in [-0.4, -0.2) is 65.1 Å². The summed E-state index contributed by atoms with van der Waals surface area (Å²) in [7, 11) is 0. The lowest BCUT2D eigenvalue weighted by Gasteiger charge is -2.38. The molecule has 6 heteroatoms. The van der Waals surface area contributed by atoms with Crippen molar-refractivity contribution in [3.63, 3.8) is 0 Å². The predicted molar refractivity (Wildman–Crippen MR) is 110 cm³/mol. The molecule has 4 rings (SSSR count). The van der Waals surface area contributed by atoms with E-state index in [0.29, 0.717) is 45.7 Å². The third kappa shape index (κ3) is 4.62. The Hall–Kier alpha value is -2.37. The lowest BCUT2D eigenvalue weighted by Crippen LogP contribution is -2.53. The zero-order chi connectivity index (χ0) is 20.2. The standard InChI is InChI=1S/C23H31N3O3/c27-21-15-20(17-26(21)16-18-7-3-1-4-8-18)23(29)25-13-11-24(12-14-25)22(28)19-9-5-2-6-10-19/h1,3-4,7-8,19-20H,2,5-6,9-17H2/t20-/m1/s1. The second-order valence-electron chi connectivity index (χ2n) is 8.65. The third-order valence-electron chi connectivity index (χ3n) is 6.64. The molecule has 1 atom stereocenters. The van der Waals surface area contributed by atoms with E-state index >= 15 is 0 Å². The zero-order valence-electron chi connectivity index (χ0n) is 17.1. The van der Waals surface area contributed by atoms with Gasteiger partial charge in [-0.15, -0.1) is 0 Å². The van der Waals surface area contributed by atoms with Gasteiger partial charge in [0.1, 0.15) is 0 Å². The van der Waals surface area contributed by atoms with Crippen molar-refractivity contribution in [1.82, 2.24) is 14.7 Å². The minimum atomic E-state index is -0.258. The van der Waals surface area contributed by atoms with Gasteiger partial charge in [-0.25, -0.2) is 0 Å². The van der Waals surface area contributed by atoms with Gasteiger partial charge in [-0.05, 0) is 18.4 Å². The summed E-state index contributed by atoms with van der Waals surface area (Å²) in [6.45, 7) is 3.47. The van der Waals surface area contributed by atoms with E-state index in [0.717, 1.165) is 31.2 Å². The Labute approximate surface area is 172 Å². The predicted octanol–water partition coefficient (Wildman–Crippen LogP) is 2.29. The first-order valence-electron chi connectivity index (χ1n) is 11.0. The van der Waals surface area contributed by atoms with Crippen LogP contribution in [0.25, 0.3) is 0 Å². The van der Waals surface area contributed by atoms with E-state index in [1.165, 1.54) is 6.42 Å². The van der Waals surface area contributed by atoms with Gasteiger partial charge in [-0.3, -0.25) is 14.4 Å². The highest BCUT2D eigenvalue weighted by Gasteiger charge is 2.38. The molecular formula is C23H31N3O3. The number of piperazine rings is 1. The van der Waals surface area contributed by atoms with Crippen molar-refractivity contribution in [3.05, 3.63) is 35.9 Å². The van der Waals surface area contributed by atoms with Crippen LogP contribution >= 0.6 is 0 Å². The summed E-state index contributed by atoms with van der Waals surface area (Å²) in [6.07, 6.45) is 5.88. The monoisotopic (exact) mass is 397 g/mol. The Kier molecular flexibility index (Phi) is 6.16. The number of amides is 3. The molecule has 0 unspecified atom stereocenters. The van der Waals surface area contributed by atoms with Gasteiger partial charge < -0.3 is 14.7 Å². The molecule has 3 fully saturated rings. The molecule has 1 aromatic rings. The lowest BCUT2D eigenvalue weighted by molar-refractivity contribution is -0.144. The van der Waals surface area contributed by atoms with Crippen LogP contribution in [0.3, 0.4) is 0 Å². The average molecular weight is 398 g/mol. The summed E-state index contributed by atoms with van der Waals surface area (Å²) in [4.78, 5) is 43.7. The summed E-state index contributed by atoms with van der Waals surface area (Å²) < 4.78 is 0. The highest BCUT2D eigenvalue weighted by atomic mass is 16.2. The molecule has 2 aliphatic heterocycles. The number of benzene rings is 1. The molecule has 1 aromatic carbocycles. The highest BCUT2D eigenvalue weighted by Crippen LogP contribution is 2.27. The smallest absolute Gasteiger partial charge is 0.228 e. The second-order valence-corrected chi connectivity index (χ2v) is 8.65. The van der Waals surface area contributed by atoms with Crippen molar-refractivity contribution in [2.45, 2.75) is 45.1 Å². The molecule has 156 valence electrons. The van der Waals surface area contributed by atoms with Gasteiger partial charge in [-0.1, -0.05) is 49.6 Å². The van der Waals surface area contributed by atoms with E-state index in [9.17, 15) is 14.4 Å². The molecule has 0 bridgehead atoms. The maximum absolute atomic E-state index is 13.0. The Balaban J connectivity index is 1.27. The summed E-state index contributed by atoms with van der Waals surface area (Å²) in [6, 6.07) is 9.90. The number of carbonyl (C=O) groups is 3. The molecule has 2 saturated heterocycles. The number of hydrogen-bond donors (Lipinski definition) is 0. The molecule has 0 radical (unpaired) electrons. The van der Waals surface area contributed by atoms with Crippen LogP contribution < -0.4 is 0 Å². The molecule has 3 aliphatic rings. The van der Waals surface area contributed by atoms with E-state index < -0.39 is 0 Å². The van der Waals surface area contributed by atoms with Crippen molar-refractivity contribution < 1.29 is 14.4 Å². The van der Waals surface area contributed by atoms with E-state index in [4.69, 9.17) is 0 Å². The molecule has 1 aliphatic carbocycles. The van der Waals surface area contributed by atoms with Crippen molar-refractivity contribution in [2.75, 3.05) is 32.7 Å². The van der Waals surface area contributed by atoms with Crippen LogP contribution in [-0.2, 0) is 20.9 Å². The Morgan fingerprint density at radius 3 is 2.03 bits per heavy atom. The maximum Gasteiger partial charge on any atom is 0.228 e. The number of carbonyl (C=O) groups excluding carboxylic acids is 3. The maximum atomic E-state index is 13.0.